The SMILES string of the molecule is C=C1C[C@H](c2cc(C(F)(F)F)cc(C(F)(F)F)c2)OC1=O. The number of carbonyl (C=O) groups is 1. The van der Waals surface area contributed by atoms with E-state index in [1.54, 1.807) is 0 Å². The largest absolute Gasteiger partial charge is 0.454 e. The molecule has 1 aliphatic heterocycles. The first-order chi connectivity index (χ1) is 9.48. The van der Waals surface area contributed by atoms with Crippen LogP contribution in [0.4, 0.5) is 26.3 Å². The van der Waals surface area contributed by atoms with Crippen LogP contribution in [0.1, 0.15) is 29.2 Å². The van der Waals surface area contributed by atoms with E-state index in [1.807, 2.05) is 0 Å². The smallest absolute Gasteiger partial charge is 0.416 e. The Bertz CT molecular complexity index is 551. The summed E-state index contributed by atoms with van der Waals surface area (Å²) in [5, 5.41) is 0. The molecule has 2 nitrogen and oxygen atoms in total. The highest BCUT2D eigenvalue weighted by Crippen LogP contribution is 2.40. The molecule has 21 heavy (non-hydrogen) atoms. The van der Waals surface area contributed by atoms with Crippen molar-refractivity contribution in [3.63, 3.8) is 0 Å². The summed E-state index contributed by atoms with van der Waals surface area (Å²) < 4.78 is 80.8. The van der Waals surface area contributed by atoms with E-state index in [9.17, 15) is 31.1 Å². The van der Waals surface area contributed by atoms with Gasteiger partial charge in [0.2, 0.25) is 0 Å². The van der Waals surface area contributed by atoms with Gasteiger partial charge in [-0.15, -0.1) is 0 Å². The zero-order chi connectivity index (χ0) is 16.0. The molecular formula is C13H8F6O2. The highest BCUT2D eigenvalue weighted by molar-refractivity contribution is 5.90. The summed E-state index contributed by atoms with van der Waals surface area (Å²) >= 11 is 0. The number of carbonyl (C=O) groups excluding carboxylic acids is 1. The van der Waals surface area contributed by atoms with E-state index in [-0.39, 0.29) is 23.6 Å². The molecule has 0 N–H and O–H groups in total. The third kappa shape index (κ3) is 3.20. The van der Waals surface area contributed by atoms with Gasteiger partial charge in [-0.1, -0.05) is 6.58 Å². The summed E-state index contributed by atoms with van der Waals surface area (Å²) in [6, 6.07) is 1.12. The van der Waals surface area contributed by atoms with Crippen molar-refractivity contribution in [2.75, 3.05) is 0 Å². The van der Waals surface area contributed by atoms with Crippen molar-refractivity contribution in [2.45, 2.75) is 24.9 Å². The molecule has 0 unspecified atom stereocenters. The molecular weight excluding hydrogens is 302 g/mol. The van der Waals surface area contributed by atoms with Crippen LogP contribution in [0.5, 0.6) is 0 Å². The van der Waals surface area contributed by atoms with Crippen LogP contribution < -0.4 is 0 Å². The van der Waals surface area contributed by atoms with Gasteiger partial charge in [-0.3, -0.25) is 0 Å². The Morgan fingerprint density at radius 3 is 1.81 bits per heavy atom. The Balaban J connectivity index is 2.51. The number of halogens is 6. The van der Waals surface area contributed by atoms with Crippen LogP contribution in [0, 0.1) is 0 Å². The molecule has 114 valence electrons. The van der Waals surface area contributed by atoms with E-state index in [2.05, 4.69) is 6.58 Å². The number of cyclic esters (lactones) is 1. The van der Waals surface area contributed by atoms with Crippen molar-refractivity contribution >= 4 is 5.97 Å². The van der Waals surface area contributed by atoms with Crippen molar-refractivity contribution in [1.29, 1.82) is 0 Å². The molecule has 1 aromatic carbocycles. The van der Waals surface area contributed by atoms with Crippen LogP contribution in [0.15, 0.2) is 30.4 Å². The minimum absolute atomic E-state index is 0.00553. The standard InChI is InChI=1S/C13H8F6O2/c1-6-2-10(21-11(6)20)7-3-8(12(14,15)16)5-9(4-7)13(17,18)19/h3-5,10H,1-2H2/t10-/m1/s1. The van der Waals surface area contributed by atoms with Crippen LogP contribution in [0.25, 0.3) is 0 Å². The van der Waals surface area contributed by atoms with Gasteiger partial charge in [0.15, 0.2) is 0 Å². The number of hydrogen-bond donors (Lipinski definition) is 0. The molecule has 1 aliphatic rings. The molecule has 2 rings (SSSR count). The molecule has 0 spiro atoms. The number of benzene rings is 1. The molecule has 0 radical (unpaired) electrons. The Labute approximate surface area is 115 Å². The van der Waals surface area contributed by atoms with Gasteiger partial charge in [0, 0.05) is 12.0 Å². The lowest BCUT2D eigenvalue weighted by atomic mass is 9.99. The van der Waals surface area contributed by atoms with Gasteiger partial charge < -0.3 is 4.74 Å². The number of hydrogen-bond acceptors (Lipinski definition) is 2. The molecule has 1 heterocycles. The van der Waals surface area contributed by atoms with Gasteiger partial charge in [0.25, 0.3) is 0 Å². The van der Waals surface area contributed by atoms with Crippen molar-refractivity contribution in [3.8, 4) is 0 Å². The monoisotopic (exact) mass is 310 g/mol. The topological polar surface area (TPSA) is 26.3 Å². The minimum Gasteiger partial charge on any atom is -0.454 e. The van der Waals surface area contributed by atoms with Gasteiger partial charge in [-0.05, 0) is 23.8 Å². The second-order valence-electron chi connectivity index (χ2n) is 4.54. The lowest BCUT2D eigenvalue weighted by Gasteiger charge is -2.16. The summed E-state index contributed by atoms with van der Waals surface area (Å²) in [4.78, 5) is 11.2. The first-order valence-electron chi connectivity index (χ1n) is 5.66. The Morgan fingerprint density at radius 1 is 1.00 bits per heavy atom. The Hall–Kier alpha value is -1.99. The number of alkyl halides is 6. The van der Waals surface area contributed by atoms with Crippen LogP contribution in [-0.4, -0.2) is 5.97 Å². The summed E-state index contributed by atoms with van der Waals surface area (Å²) in [6.07, 6.45) is -11.2. The van der Waals surface area contributed by atoms with Crippen LogP contribution in [0.2, 0.25) is 0 Å². The molecule has 0 saturated carbocycles. The maximum absolute atomic E-state index is 12.7. The molecule has 0 aromatic heterocycles. The van der Waals surface area contributed by atoms with Gasteiger partial charge in [0.1, 0.15) is 6.10 Å². The zero-order valence-corrected chi connectivity index (χ0v) is 10.3. The molecule has 1 atom stereocenters. The fourth-order valence-corrected chi connectivity index (χ4v) is 1.91. The van der Waals surface area contributed by atoms with E-state index < -0.39 is 35.6 Å². The fraction of sp³-hybridized carbons (Fsp3) is 0.308. The Morgan fingerprint density at radius 2 is 1.48 bits per heavy atom. The lowest BCUT2D eigenvalue weighted by Crippen LogP contribution is -2.13. The molecule has 0 aliphatic carbocycles. The summed E-state index contributed by atoms with van der Waals surface area (Å²) in [5.41, 5.74) is -3.24. The highest BCUT2D eigenvalue weighted by Gasteiger charge is 2.39. The zero-order valence-electron chi connectivity index (χ0n) is 10.3. The van der Waals surface area contributed by atoms with Crippen LogP contribution in [-0.2, 0) is 21.9 Å². The average Bonchev–Trinajstić information content (AvgIpc) is 2.67. The second kappa shape index (κ2) is 4.78. The molecule has 0 amide bonds. The summed E-state index contributed by atoms with van der Waals surface area (Å²) in [5.74, 6) is -0.828. The molecule has 1 fully saturated rings. The average molecular weight is 310 g/mol. The van der Waals surface area contributed by atoms with E-state index >= 15 is 0 Å². The van der Waals surface area contributed by atoms with Gasteiger partial charge in [-0.2, -0.15) is 26.3 Å². The van der Waals surface area contributed by atoms with E-state index in [4.69, 9.17) is 4.74 Å². The number of esters is 1. The van der Waals surface area contributed by atoms with E-state index in [0.29, 0.717) is 12.1 Å². The first kappa shape index (κ1) is 15.4. The predicted octanol–water partition coefficient (Wildman–Crippen LogP) is 4.27. The van der Waals surface area contributed by atoms with Crippen molar-refractivity contribution in [2.24, 2.45) is 0 Å². The molecule has 0 bridgehead atoms. The maximum atomic E-state index is 12.7. The lowest BCUT2D eigenvalue weighted by molar-refractivity contribution is -0.143. The second-order valence-corrected chi connectivity index (χ2v) is 4.54. The predicted molar refractivity (Wildman–Crippen MR) is 59.0 cm³/mol. The van der Waals surface area contributed by atoms with Crippen LogP contribution >= 0.6 is 0 Å². The van der Waals surface area contributed by atoms with Crippen molar-refractivity contribution < 1.29 is 35.9 Å². The minimum atomic E-state index is -4.93. The van der Waals surface area contributed by atoms with Crippen molar-refractivity contribution in [3.05, 3.63) is 47.0 Å². The first-order valence-corrected chi connectivity index (χ1v) is 5.66. The third-order valence-electron chi connectivity index (χ3n) is 2.95. The highest BCUT2D eigenvalue weighted by atomic mass is 19.4. The normalized spacial score (nSPS) is 19.8. The van der Waals surface area contributed by atoms with E-state index in [1.165, 1.54) is 0 Å². The molecule has 1 saturated heterocycles. The van der Waals surface area contributed by atoms with Crippen LogP contribution in [0.3, 0.4) is 0 Å². The van der Waals surface area contributed by atoms with Gasteiger partial charge in [-0.25, -0.2) is 4.79 Å². The quantitative estimate of drug-likeness (QED) is 0.440. The number of rotatable bonds is 1. The van der Waals surface area contributed by atoms with E-state index in [0.717, 1.165) is 0 Å². The van der Waals surface area contributed by atoms with Gasteiger partial charge in [0.05, 0.1) is 11.1 Å². The summed E-state index contributed by atoms with van der Waals surface area (Å²) in [7, 11) is 0. The number of ether oxygens (including phenoxy) is 1. The third-order valence-corrected chi connectivity index (χ3v) is 2.95. The van der Waals surface area contributed by atoms with Gasteiger partial charge >= 0.3 is 18.3 Å². The maximum Gasteiger partial charge on any atom is 0.416 e. The molecule has 8 heteroatoms. The Kier molecular flexibility index (Phi) is 3.51. The fourth-order valence-electron chi connectivity index (χ4n) is 1.91. The molecule has 1 aromatic rings. The summed E-state index contributed by atoms with van der Waals surface area (Å²) in [6.45, 7) is 3.33. The van der Waals surface area contributed by atoms with Crippen molar-refractivity contribution in [1.82, 2.24) is 0 Å².